The molecular weight excluding hydrogens is 362 g/mol. The van der Waals surface area contributed by atoms with Crippen molar-refractivity contribution < 1.29 is 14.3 Å². The van der Waals surface area contributed by atoms with E-state index in [0.717, 1.165) is 38.0 Å². The molecule has 0 atom stereocenters. The number of nitrogens with one attached hydrogen (secondary N) is 1. The average molecular weight is 385 g/mol. The molecule has 148 valence electrons. The first kappa shape index (κ1) is 18.4. The third-order valence-corrected chi connectivity index (χ3v) is 4.83. The highest BCUT2D eigenvalue weighted by atomic mass is 16.5. The van der Waals surface area contributed by atoms with E-state index in [1.807, 2.05) is 4.68 Å². The number of ether oxygens (including phenoxy) is 2. The number of rotatable bonds is 6. The van der Waals surface area contributed by atoms with Crippen LogP contribution in [0.15, 0.2) is 18.6 Å². The summed E-state index contributed by atoms with van der Waals surface area (Å²) in [6, 6.07) is 0. The van der Waals surface area contributed by atoms with Crippen LogP contribution in [0.1, 0.15) is 30.1 Å². The van der Waals surface area contributed by atoms with Crippen molar-refractivity contribution >= 4 is 17.0 Å². The molecule has 3 aromatic heterocycles. The summed E-state index contributed by atoms with van der Waals surface area (Å²) in [5.41, 5.74) is 1.78. The predicted molar refractivity (Wildman–Crippen MR) is 101 cm³/mol. The van der Waals surface area contributed by atoms with Crippen molar-refractivity contribution in [1.82, 2.24) is 34.8 Å². The van der Waals surface area contributed by atoms with Crippen molar-refractivity contribution in [1.29, 1.82) is 0 Å². The van der Waals surface area contributed by atoms with Crippen LogP contribution in [0.5, 0.6) is 5.88 Å². The topological polar surface area (TPSA) is 109 Å². The molecule has 1 aliphatic rings. The zero-order valence-electron chi connectivity index (χ0n) is 16.0. The number of methoxy groups -OCH3 is 1. The first-order chi connectivity index (χ1) is 13.7. The van der Waals surface area contributed by atoms with Gasteiger partial charge in [0.15, 0.2) is 0 Å². The number of hydrogen-bond acceptors (Lipinski definition) is 8. The van der Waals surface area contributed by atoms with Crippen LogP contribution in [0, 0.1) is 5.92 Å². The van der Waals surface area contributed by atoms with Gasteiger partial charge in [-0.1, -0.05) is 0 Å². The molecule has 28 heavy (non-hydrogen) atoms. The van der Waals surface area contributed by atoms with Crippen molar-refractivity contribution in [3.05, 3.63) is 24.2 Å². The highest BCUT2D eigenvalue weighted by Gasteiger charge is 2.20. The number of aromatic nitrogens is 6. The third-order valence-electron chi connectivity index (χ3n) is 4.83. The summed E-state index contributed by atoms with van der Waals surface area (Å²) >= 11 is 0. The van der Waals surface area contributed by atoms with Crippen LogP contribution < -0.4 is 10.1 Å². The van der Waals surface area contributed by atoms with Gasteiger partial charge in [-0.2, -0.15) is 15.2 Å². The summed E-state index contributed by atoms with van der Waals surface area (Å²) in [7, 11) is 1.57. The van der Waals surface area contributed by atoms with E-state index in [1.54, 1.807) is 20.2 Å². The molecule has 1 aliphatic heterocycles. The fourth-order valence-electron chi connectivity index (χ4n) is 3.40. The lowest BCUT2D eigenvalue weighted by Crippen LogP contribution is -2.30. The number of carbonyl (C=O) groups is 1. The molecule has 10 nitrogen and oxygen atoms in total. The first-order valence-corrected chi connectivity index (χ1v) is 9.40. The molecule has 0 aliphatic carbocycles. The van der Waals surface area contributed by atoms with Gasteiger partial charge in [0.1, 0.15) is 11.0 Å². The van der Waals surface area contributed by atoms with Crippen LogP contribution in [-0.2, 0) is 11.3 Å². The van der Waals surface area contributed by atoms with Crippen LogP contribution in [-0.4, -0.2) is 62.3 Å². The summed E-state index contributed by atoms with van der Waals surface area (Å²) in [6.07, 6.45) is 6.91. The average Bonchev–Trinajstić information content (AvgIpc) is 3.36. The van der Waals surface area contributed by atoms with Gasteiger partial charge in [0.2, 0.25) is 5.88 Å². The van der Waals surface area contributed by atoms with E-state index in [4.69, 9.17) is 9.47 Å². The maximum atomic E-state index is 11.9. The monoisotopic (exact) mass is 385 g/mol. The van der Waals surface area contributed by atoms with Crippen molar-refractivity contribution in [2.24, 2.45) is 5.92 Å². The van der Waals surface area contributed by atoms with Gasteiger partial charge in [0.25, 0.3) is 5.95 Å². The number of esters is 1. The lowest BCUT2D eigenvalue weighted by Gasteiger charge is -2.22. The van der Waals surface area contributed by atoms with Gasteiger partial charge in [-0.3, -0.25) is 4.68 Å². The normalized spacial score (nSPS) is 15.1. The number of fused-ring (bicyclic) bond motifs is 1. The first-order valence-electron chi connectivity index (χ1n) is 9.40. The maximum absolute atomic E-state index is 11.9. The highest BCUT2D eigenvalue weighted by Crippen LogP contribution is 2.25. The number of piperidine rings is 1. The van der Waals surface area contributed by atoms with Crippen LogP contribution in [0.3, 0.4) is 0 Å². The Bertz CT molecular complexity index is 975. The molecule has 4 heterocycles. The lowest BCUT2D eigenvalue weighted by molar-refractivity contribution is 0.0526. The molecule has 0 spiro atoms. The number of hydrogen-bond donors (Lipinski definition) is 1. The van der Waals surface area contributed by atoms with E-state index >= 15 is 0 Å². The van der Waals surface area contributed by atoms with E-state index < -0.39 is 5.97 Å². The van der Waals surface area contributed by atoms with Crippen molar-refractivity contribution in [3.63, 3.8) is 0 Å². The minimum absolute atomic E-state index is 0.302. The van der Waals surface area contributed by atoms with Gasteiger partial charge < -0.3 is 14.8 Å². The third kappa shape index (κ3) is 3.55. The van der Waals surface area contributed by atoms with Crippen LogP contribution in [0.25, 0.3) is 17.0 Å². The highest BCUT2D eigenvalue weighted by molar-refractivity contribution is 5.88. The molecule has 0 saturated carbocycles. The summed E-state index contributed by atoms with van der Waals surface area (Å²) in [6.45, 7) is 4.93. The molecular formula is C18H23N7O3. The Morgan fingerprint density at radius 2 is 2.07 bits per heavy atom. The Kier molecular flexibility index (Phi) is 5.20. The number of carbonyl (C=O) groups excluding carboxylic acids is 1. The SMILES string of the molecule is CCOC(=O)c1cnn(-c2nc(OC)c3c(cnn3CC3CCNCC3)n2)c1. The molecule has 0 unspecified atom stereocenters. The standard InChI is InChI=1S/C18H23N7O3/c1-3-28-17(26)13-8-20-25(11-13)18-22-14-9-21-24(15(14)16(23-18)27-2)10-12-4-6-19-7-5-12/h8-9,11-12,19H,3-7,10H2,1-2H3. The zero-order chi connectivity index (χ0) is 19.5. The van der Waals surface area contributed by atoms with Gasteiger partial charge in [-0.25, -0.2) is 14.5 Å². The van der Waals surface area contributed by atoms with Crippen LogP contribution in [0.2, 0.25) is 0 Å². The van der Waals surface area contributed by atoms with Crippen LogP contribution in [0.4, 0.5) is 0 Å². The fraction of sp³-hybridized carbons (Fsp3) is 0.500. The lowest BCUT2D eigenvalue weighted by atomic mass is 9.98. The summed E-state index contributed by atoms with van der Waals surface area (Å²) in [4.78, 5) is 20.9. The van der Waals surface area contributed by atoms with Crippen molar-refractivity contribution in [2.45, 2.75) is 26.3 Å². The smallest absolute Gasteiger partial charge is 0.341 e. The molecule has 1 N–H and O–H groups in total. The van der Waals surface area contributed by atoms with Gasteiger partial charge in [0.05, 0.1) is 31.7 Å². The molecule has 3 aromatic rings. The van der Waals surface area contributed by atoms with E-state index in [1.165, 1.54) is 17.1 Å². The maximum Gasteiger partial charge on any atom is 0.341 e. The molecule has 1 saturated heterocycles. The molecule has 4 rings (SSSR count). The molecule has 0 radical (unpaired) electrons. The molecule has 0 amide bonds. The van der Waals surface area contributed by atoms with Crippen molar-refractivity contribution in [2.75, 3.05) is 26.8 Å². The summed E-state index contributed by atoms with van der Waals surface area (Å²) in [5, 5.41) is 12.0. The van der Waals surface area contributed by atoms with Gasteiger partial charge >= 0.3 is 5.97 Å². The molecule has 1 fully saturated rings. The number of nitrogens with zero attached hydrogens (tertiary/aromatic N) is 6. The van der Waals surface area contributed by atoms with E-state index in [-0.39, 0.29) is 0 Å². The van der Waals surface area contributed by atoms with E-state index in [9.17, 15) is 4.79 Å². The van der Waals surface area contributed by atoms with Gasteiger partial charge in [-0.15, -0.1) is 0 Å². The van der Waals surface area contributed by atoms with E-state index in [2.05, 4.69) is 25.5 Å². The zero-order valence-corrected chi connectivity index (χ0v) is 16.0. The summed E-state index contributed by atoms with van der Waals surface area (Å²) in [5.74, 6) is 0.865. The Hall–Kier alpha value is -3.01. The molecule has 0 bridgehead atoms. The molecule has 10 heteroatoms. The summed E-state index contributed by atoms with van der Waals surface area (Å²) < 4.78 is 13.9. The van der Waals surface area contributed by atoms with Crippen molar-refractivity contribution in [3.8, 4) is 11.8 Å². The minimum atomic E-state index is -0.434. The van der Waals surface area contributed by atoms with Crippen LogP contribution >= 0.6 is 0 Å². The van der Waals surface area contributed by atoms with Gasteiger partial charge in [-0.05, 0) is 38.8 Å². The van der Waals surface area contributed by atoms with Gasteiger partial charge in [0, 0.05) is 12.7 Å². The Balaban J connectivity index is 1.65. The predicted octanol–water partition coefficient (Wildman–Crippen LogP) is 1.20. The Morgan fingerprint density at radius 3 is 2.82 bits per heavy atom. The Morgan fingerprint density at radius 1 is 1.25 bits per heavy atom. The van der Waals surface area contributed by atoms with E-state index in [0.29, 0.717) is 35.4 Å². The quantitative estimate of drug-likeness (QED) is 0.631. The minimum Gasteiger partial charge on any atom is -0.479 e. The second-order valence-electron chi connectivity index (χ2n) is 6.68. The largest absolute Gasteiger partial charge is 0.479 e. The second kappa shape index (κ2) is 7.93. The Labute approximate surface area is 161 Å². The fourth-order valence-corrected chi connectivity index (χ4v) is 3.40. The molecule has 0 aromatic carbocycles. The second-order valence-corrected chi connectivity index (χ2v) is 6.68.